The number of ether oxygens (including phenoxy) is 4. The summed E-state index contributed by atoms with van der Waals surface area (Å²) >= 11 is 1.06. The maximum atomic E-state index is 14.5. The number of alkyl halides is 6. The van der Waals surface area contributed by atoms with Crippen LogP contribution in [0.2, 0.25) is 0 Å². The fraction of sp³-hybridized carbons (Fsp3) is 0.460. The average molecular weight is 1020 g/mol. The van der Waals surface area contributed by atoms with Crippen LogP contribution < -0.4 is 31.3 Å². The molecule has 71 heavy (non-hydrogen) atoms. The highest BCUT2D eigenvalue weighted by Crippen LogP contribution is 2.38. The molecule has 3 aromatic rings. The molecule has 3 amide bonds. The number of alkyl carbamates (subject to hydrolysis) is 3. The summed E-state index contributed by atoms with van der Waals surface area (Å²) in [6.45, 7) is 22.7. The van der Waals surface area contributed by atoms with Gasteiger partial charge in [-0.3, -0.25) is 20.2 Å². The van der Waals surface area contributed by atoms with E-state index in [0.29, 0.717) is 24.9 Å². The van der Waals surface area contributed by atoms with Crippen molar-refractivity contribution in [2.75, 3.05) is 24.2 Å². The van der Waals surface area contributed by atoms with Gasteiger partial charge >= 0.3 is 30.6 Å². The van der Waals surface area contributed by atoms with Gasteiger partial charge in [-0.1, -0.05) is 25.3 Å². The van der Waals surface area contributed by atoms with E-state index in [1.807, 2.05) is 0 Å². The number of rotatable bonds is 22. The molecule has 0 aliphatic rings. The first kappa shape index (κ1) is 58.9. The van der Waals surface area contributed by atoms with Gasteiger partial charge in [-0.15, -0.1) is 11.8 Å². The molecule has 0 aliphatic heterocycles. The van der Waals surface area contributed by atoms with Gasteiger partial charge in [0, 0.05) is 61.2 Å². The summed E-state index contributed by atoms with van der Waals surface area (Å²) in [5.41, 5.74) is -4.35. The SMILES string of the molecule is C=C(NCCCCC(=O)Cc1cc(C(F)(F)F)cc(CC(=O)Cc2cccc(Oc3cc(NC(=C)NC(=O)OC(C)(C)C)cc(C(F)(F)F)c3)c2)c1SCCNC(=O)OC(C)(C)C)NC(=O)OC(C)(C)C. The van der Waals surface area contributed by atoms with E-state index >= 15 is 0 Å². The summed E-state index contributed by atoms with van der Waals surface area (Å²) in [7, 11) is 0. The number of hydrogen-bond donors (Lipinski definition) is 5. The van der Waals surface area contributed by atoms with Crippen molar-refractivity contribution in [1.29, 1.82) is 0 Å². The van der Waals surface area contributed by atoms with Crippen LogP contribution >= 0.6 is 11.8 Å². The number of carbonyl (C=O) groups is 5. The number of unbranched alkanes of at least 4 members (excludes halogenated alkanes) is 1. The van der Waals surface area contributed by atoms with E-state index in [1.54, 1.807) is 62.3 Å². The maximum Gasteiger partial charge on any atom is 0.416 e. The number of thioether (sulfide) groups is 1. The van der Waals surface area contributed by atoms with Gasteiger partial charge in [0.1, 0.15) is 51.5 Å². The minimum absolute atomic E-state index is 0.000197. The molecule has 14 nitrogen and oxygen atoms in total. The average Bonchev–Trinajstić information content (AvgIpc) is 3.17. The Labute approximate surface area is 414 Å². The number of halogens is 6. The van der Waals surface area contributed by atoms with Crippen molar-refractivity contribution in [2.24, 2.45) is 0 Å². The topological polar surface area (TPSA) is 182 Å². The summed E-state index contributed by atoms with van der Waals surface area (Å²) in [5, 5.41) is 12.8. The van der Waals surface area contributed by atoms with Crippen LogP contribution in [0.4, 0.5) is 46.4 Å². The molecule has 0 bridgehead atoms. The van der Waals surface area contributed by atoms with Gasteiger partial charge in [0.05, 0.1) is 11.1 Å². The van der Waals surface area contributed by atoms with E-state index in [4.69, 9.17) is 18.9 Å². The number of Topliss-reactive ketones (excluding diaryl/α,β-unsaturated/α-hetero) is 2. The van der Waals surface area contributed by atoms with Crippen LogP contribution in [0, 0.1) is 0 Å². The van der Waals surface area contributed by atoms with Gasteiger partial charge in [0.25, 0.3) is 0 Å². The fourth-order valence-electron chi connectivity index (χ4n) is 6.33. The number of ketones is 2. The molecular formula is C50H63F6N5O9S. The molecule has 0 spiro atoms. The second kappa shape index (κ2) is 25.1. The van der Waals surface area contributed by atoms with Crippen molar-refractivity contribution in [1.82, 2.24) is 21.3 Å². The quantitative estimate of drug-likeness (QED) is 0.0278. The third-order valence-corrected chi connectivity index (χ3v) is 10.2. The Bertz CT molecular complexity index is 2400. The lowest BCUT2D eigenvalue weighted by atomic mass is 9.95. The molecule has 3 rings (SSSR count). The van der Waals surface area contributed by atoms with Gasteiger partial charge in [-0.2, -0.15) is 26.3 Å². The Morgan fingerprint density at radius 3 is 1.68 bits per heavy atom. The molecule has 0 aliphatic carbocycles. The third-order valence-electron chi connectivity index (χ3n) is 8.95. The van der Waals surface area contributed by atoms with Crippen molar-refractivity contribution in [3.63, 3.8) is 0 Å². The molecule has 0 fully saturated rings. The second-order valence-electron chi connectivity index (χ2n) is 19.2. The highest BCUT2D eigenvalue weighted by Gasteiger charge is 2.34. The Balaban J connectivity index is 1.84. The van der Waals surface area contributed by atoms with Crippen LogP contribution in [-0.2, 0) is 55.4 Å². The first-order valence-electron chi connectivity index (χ1n) is 22.4. The molecule has 5 N–H and O–H groups in total. The number of amides is 3. The van der Waals surface area contributed by atoms with Gasteiger partial charge in [-0.05, 0) is 128 Å². The fourth-order valence-corrected chi connectivity index (χ4v) is 7.37. The van der Waals surface area contributed by atoms with Crippen molar-refractivity contribution in [3.05, 3.63) is 107 Å². The van der Waals surface area contributed by atoms with Crippen molar-refractivity contribution >= 4 is 47.3 Å². The van der Waals surface area contributed by atoms with Crippen molar-refractivity contribution in [3.8, 4) is 11.5 Å². The normalized spacial score (nSPS) is 12.0. The number of benzene rings is 3. The Hall–Kier alpha value is -6.38. The minimum Gasteiger partial charge on any atom is -0.457 e. The van der Waals surface area contributed by atoms with Crippen LogP contribution in [-0.4, -0.2) is 65.5 Å². The molecule has 0 heterocycles. The number of carbonyl (C=O) groups excluding carboxylic acids is 5. The Kier molecular flexibility index (Phi) is 20.9. The lowest BCUT2D eigenvalue weighted by Crippen LogP contribution is -2.36. The van der Waals surface area contributed by atoms with E-state index < -0.39 is 77.2 Å². The van der Waals surface area contributed by atoms with Crippen molar-refractivity contribution in [2.45, 2.75) is 135 Å². The van der Waals surface area contributed by atoms with E-state index in [2.05, 4.69) is 39.7 Å². The van der Waals surface area contributed by atoms with E-state index in [1.165, 1.54) is 30.3 Å². The lowest BCUT2D eigenvalue weighted by molar-refractivity contribution is -0.138. The molecule has 21 heteroatoms. The van der Waals surface area contributed by atoms with Gasteiger partial charge < -0.3 is 34.9 Å². The Morgan fingerprint density at radius 1 is 0.577 bits per heavy atom. The smallest absolute Gasteiger partial charge is 0.416 e. The largest absolute Gasteiger partial charge is 0.457 e. The number of anilines is 1. The van der Waals surface area contributed by atoms with Crippen LogP contribution in [0.3, 0.4) is 0 Å². The predicted molar refractivity (Wildman–Crippen MR) is 258 cm³/mol. The molecule has 0 saturated heterocycles. The minimum atomic E-state index is -4.86. The van der Waals surface area contributed by atoms with Gasteiger partial charge in [0.2, 0.25) is 0 Å². The zero-order chi connectivity index (χ0) is 53.5. The zero-order valence-electron chi connectivity index (χ0n) is 41.3. The van der Waals surface area contributed by atoms with E-state index in [-0.39, 0.29) is 75.8 Å². The summed E-state index contributed by atoms with van der Waals surface area (Å²) < 4.78 is 107. The molecule has 0 aromatic heterocycles. The molecule has 3 aromatic carbocycles. The highest BCUT2D eigenvalue weighted by atomic mass is 32.2. The first-order chi connectivity index (χ1) is 32.6. The van der Waals surface area contributed by atoms with Crippen molar-refractivity contribution < 1.29 is 69.3 Å². The Morgan fingerprint density at radius 2 is 1.11 bits per heavy atom. The summed E-state index contributed by atoms with van der Waals surface area (Å²) in [6, 6.07) is 10.3. The molecule has 0 unspecified atom stereocenters. The zero-order valence-corrected chi connectivity index (χ0v) is 42.1. The third kappa shape index (κ3) is 23.4. The molecule has 0 saturated carbocycles. The molecule has 0 radical (unpaired) electrons. The molecule has 0 atom stereocenters. The first-order valence-corrected chi connectivity index (χ1v) is 23.4. The summed E-state index contributed by atoms with van der Waals surface area (Å²) in [5.74, 6) is -1.05. The van der Waals surface area contributed by atoms with Gasteiger partial charge in [-0.25, -0.2) is 14.4 Å². The monoisotopic (exact) mass is 1020 g/mol. The molecule has 390 valence electrons. The molecular weight excluding hydrogens is 961 g/mol. The van der Waals surface area contributed by atoms with E-state index in [0.717, 1.165) is 36.0 Å². The standard InChI is InChI=1S/C50H63F6N5O9S/c1-30(60-44(65)69-47(6,7)8)57-18-13-12-16-38(62)25-33-23-35(49(51,52)53)24-34(42(33)71-20-19-58-43(64)68-46(3,4)5)26-39(63)21-32-15-14-17-40(22-32)67-41-28-36(50(54,55)56)27-37(29-41)59-31(2)61-45(66)70-48(9,10)11/h14-15,17,22-24,27-29,57,59H,1-2,12-13,16,18-21,25-26H2,3-11H3,(H,58,64)(H,60,65)(H,61,66). The number of hydrogen-bond acceptors (Lipinski definition) is 12. The van der Waals surface area contributed by atoms with E-state index in [9.17, 15) is 50.3 Å². The summed E-state index contributed by atoms with van der Waals surface area (Å²) in [4.78, 5) is 63.9. The number of nitrogens with one attached hydrogen (secondary N) is 5. The maximum absolute atomic E-state index is 14.5. The lowest BCUT2D eigenvalue weighted by Gasteiger charge is -2.21. The van der Waals surface area contributed by atoms with Crippen LogP contribution in [0.25, 0.3) is 0 Å². The predicted octanol–water partition coefficient (Wildman–Crippen LogP) is 11.8. The summed E-state index contributed by atoms with van der Waals surface area (Å²) in [6.07, 6.45) is -12.4. The highest BCUT2D eigenvalue weighted by molar-refractivity contribution is 7.99. The van der Waals surface area contributed by atoms with Crippen LogP contribution in [0.1, 0.15) is 109 Å². The van der Waals surface area contributed by atoms with Crippen LogP contribution in [0.5, 0.6) is 11.5 Å². The second-order valence-corrected chi connectivity index (χ2v) is 20.3. The van der Waals surface area contributed by atoms with Gasteiger partial charge in [0.15, 0.2) is 0 Å². The van der Waals surface area contributed by atoms with Crippen LogP contribution in [0.15, 0.2) is 84.3 Å².